The number of rotatable bonds is 6. The Morgan fingerprint density at radius 1 is 0.811 bits per heavy atom. The first-order valence-electron chi connectivity index (χ1n) is 12.6. The van der Waals surface area contributed by atoms with E-state index in [1.165, 1.54) is 5.56 Å². The zero-order valence-electron chi connectivity index (χ0n) is 21.0. The number of carbonyl (C=O) groups is 1. The van der Waals surface area contributed by atoms with Crippen molar-refractivity contribution in [2.75, 3.05) is 19.5 Å². The zero-order valence-corrected chi connectivity index (χ0v) is 21.0. The summed E-state index contributed by atoms with van der Waals surface area (Å²) in [5.41, 5.74) is 7.97. The van der Waals surface area contributed by atoms with Crippen LogP contribution in [0.25, 0.3) is 28.0 Å². The average Bonchev–Trinajstić information content (AvgIpc) is 3.37. The maximum Gasteiger partial charge on any atom is 0.273 e. The minimum atomic E-state index is -0.135. The number of nitrogens with one attached hydrogen (secondary N) is 1. The molecular weight excluding hydrogens is 462 g/mol. The van der Waals surface area contributed by atoms with E-state index in [0.29, 0.717) is 5.69 Å². The smallest absolute Gasteiger partial charge is 0.273 e. The molecule has 0 unspecified atom stereocenters. The van der Waals surface area contributed by atoms with Crippen LogP contribution in [0, 0.1) is 0 Å². The van der Waals surface area contributed by atoms with Gasteiger partial charge in [0.05, 0.1) is 19.9 Å². The summed E-state index contributed by atoms with van der Waals surface area (Å²) in [7, 11) is 3.31. The van der Waals surface area contributed by atoms with Crippen molar-refractivity contribution in [2.45, 2.75) is 25.8 Å². The number of anilines is 1. The van der Waals surface area contributed by atoms with E-state index >= 15 is 0 Å². The van der Waals surface area contributed by atoms with E-state index in [0.717, 1.165) is 71.0 Å². The van der Waals surface area contributed by atoms with Gasteiger partial charge in [-0.3, -0.25) is 9.20 Å². The highest BCUT2D eigenvalue weighted by Crippen LogP contribution is 2.40. The van der Waals surface area contributed by atoms with Gasteiger partial charge >= 0.3 is 0 Å². The molecule has 2 aromatic heterocycles. The Kier molecular flexibility index (Phi) is 5.93. The summed E-state index contributed by atoms with van der Waals surface area (Å²) < 4.78 is 15.1. The molecule has 5 aromatic rings. The van der Waals surface area contributed by atoms with Gasteiger partial charge < -0.3 is 19.4 Å². The third kappa shape index (κ3) is 4.04. The van der Waals surface area contributed by atoms with E-state index < -0.39 is 0 Å². The van der Waals surface area contributed by atoms with E-state index in [-0.39, 0.29) is 5.91 Å². The van der Waals surface area contributed by atoms with Crippen LogP contribution in [-0.2, 0) is 13.0 Å². The van der Waals surface area contributed by atoms with Crippen molar-refractivity contribution in [3.8, 4) is 33.9 Å². The molecule has 0 saturated carbocycles. The summed E-state index contributed by atoms with van der Waals surface area (Å²) in [4.78, 5) is 14.0. The first-order valence-corrected chi connectivity index (χ1v) is 12.6. The lowest BCUT2D eigenvalue weighted by molar-refractivity contribution is 0.102. The zero-order chi connectivity index (χ0) is 25.4. The largest absolute Gasteiger partial charge is 0.497 e. The summed E-state index contributed by atoms with van der Waals surface area (Å²) >= 11 is 0. The van der Waals surface area contributed by atoms with E-state index in [2.05, 4.69) is 44.7 Å². The monoisotopic (exact) mass is 491 g/mol. The molecule has 186 valence electrons. The molecule has 1 N–H and O–H groups in total. The number of benzene rings is 3. The van der Waals surface area contributed by atoms with Crippen LogP contribution >= 0.6 is 0 Å². The van der Waals surface area contributed by atoms with Crippen LogP contribution in [0.2, 0.25) is 0 Å². The highest BCUT2D eigenvalue weighted by atomic mass is 16.5. The van der Waals surface area contributed by atoms with Gasteiger partial charge in [-0.05, 0) is 78.9 Å². The second kappa shape index (κ2) is 9.54. The molecular formula is C31H29N3O3. The van der Waals surface area contributed by atoms with Crippen molar-refractivity contribution in [3.05, 3.63) is 96.3 Å². The number of carbonyl (C=O) groups excluding carboxylic acids is 1. The summed E-state index contributed by atoms with van der Waals surface area (Å²) in [5, 5.41) is 3.13. The highest BCUT2D eigenvalue weighted by Gasteiger charge is 2.29. The second-order valence-electron chi connectivity index (χ2n) is 9.30. The lowest BCUT2D eigenvalue weighted by atomic mass is 9.98. The number of hydrogen-bond acceptors (Lipinski definition) is 3. The van der Waals surface area contributed by atoms with Gasteiger partial charge in [0.15, 0.2) is 0 Å². The molecule has 0 saturated heterocycles. The fourth-order valence-corrected chi connectivity index (χ4v) is 5.38. The Balaban J connectivity index is 1.55. The highest BCUT2D eigenvalue weighted by molar-refractivity contribution is 6.10. The van der Waals surface area contributed by atoms with Crippen LogP contribution in [-0.4, -0.2) is 29.1 Å². The predicted molar refractivity (Wildman–Crippen MR) is 147 cm³/mol. The topological polar surface area (TPSA) is 56.9 Å². The summed E-state index contributed by atoms with van der Waals surface area (Å²) in [6.07, 6.45) is 5.20. The molecule has 0 spiro atoms. The van der Waals surface area contributed by atoms with Gasteiger partial charge in [0, 0.05) is 29.6 Å². The lowest BCUT2D eigenvalue weighted by Crippen LogP contribution is -2.15. The van der Waals surface area contributed by atoms with Crippen LogP contribution in [0.4, 0.5) is 5.69 Å². The minimum absolute atomic E-state index is 0.135. The summed E-state index contributed by atoms with van der Waals surface area (Å²) in [6, 6.07) is 25.8. The first kappa shape index (κ1) is 23.0. The molecule has 3 heterocycles. The van der Waals surface area contributed by atoms with Crippen molar-refractivity contribution in [2.24, 2.45) is 0 Å². The molecule has 6 nitrogen and oxygen atoms in total. The van der Waals surface area contributed by atoms with Gasteiger partial charge in [0.1, 0.15) is 22.8 Å². The van der Waals surface area contributed by atoms with Crippen LogP contribution in [0.5, 0.6) is 11.5 Å². The number of aryl methyl sites for hydroxylation is 2. The van der Waals surface area contributed by atoms with E-state index in [4.69, 9.17) is 9.47 Å². The average molecular weight is 492 g/mol. The molecule has 0 atom stereocenters. The predicted octanol–water partition coefficient (Wildman–Crippen LogP) is 6.68. The minimum Gasteiger partial charge on any atom is -0.497 e. The molecule has 0 bridgehead atoms. The van der Waals surface area contributed by atoms with Gasteiger partial charge in [0.2, 0.25) is 0 Å². The Morgan fingerprint density at radius 2 is 1.49 bits per heavy atom. The third-order valence-electron chi connectivity index (χ3n) is 7.15. The molecule has 1 aliphatic heterocycles. The molecule has 0 aliphatic carbocycles. The van der Waals surface area contributed by atoms with Gasteiger partial charge in [-0.25, -0.2) is 0 Å². The van der Waals surface area contributed by atoms with Crippen molar-refractivity contribution in [1.29, 1.82) is 0 Å². The lowest BCUT2D eigenvalue weighted by Gasteiger charge is -2.11. The standard InChI is InChI=1S/C31H29N3O3/c1-36-24-15-11-21(12-16-24)27-20-34-29(30(35)32-23-13-17-25(37-2)18-14-23)28(22-8-4-3-5-9-22)26-10-6-7-19-33(27)31(26)34/h3-5,8-9,11-18,20H,6-7,10,19H2,1-2H3,(H,32,35). The normalized spacial score (nSPS) is 12.8. The Morgan fingerprint density at radius 3 is 2.16 bits per heavy atom. The fraction of sp³-hybridized carbons (Fsp3) is 0.194. The van der Waals surface area contributed by atoms with Crippen molar-refractivity contribution < 1.29 is 14.3 Å². The van der Waals surface area contributed by atoms with Crippen LogP contribution in [0.3, 0.4) is 0 Å². The van der Waals surface area contributed by atoms with Crippen molar-refractivity contribution in [1.82, 2.24) is 8.97 Å². The fourth-order valence-electron chi connectivity index (χ4n) is 5.38. The Hall–Kier alpha value is -4.45. The number of hydrogen-bond donors (Lipinski definition) is 1. The molecule has 6 rings (SSSR count). The van der Waals surface area contributed by atoms with Crippen LogP contribution in [0.1, 0.15) is 28.9 Å². The maximum atomic E-state index is 14.0. The number of amides is 1. The molecule has 1 amide bonds. The van der Waals surface area contributed by atoms with Crippen LogP contribution < -0.4 is 14.8 Å². The number of imidazole rings is 1. The molecule has 3 aromatic carbocycles. The number of methoxy groups -OCH3 is 2. The summed E-state index contributed by atoms with van der Waals surface area (Å²) in [5.74, 6) is 1.44. The van der Waals surface area contributed by atoms with E-state index in [1.54, 1.807) is 14.2 Å². The Labute approximate surface area is 216 Å². The SMILES string of the molecule is COc1ccc(NC(=O)c2c(-c3ccccc3)c3c4n(c(-c5ccc(OC)cc5)cn24)CCCC3)cc1. The molecule has 0 radical (unpaired) electrons. The molecule has 0 fully saturated rings. The van der Waals surface area contributed by atoms with Gasteiger partial charge in [-0.2, -0.15) is 0 Å². The molecule has 6 heteroatoms. The molecule has 37 heavy (non-hydrogen) atoms. The number of nitrogens with zero attached hydrogens (tertiary/aromatic N) is 2. The molecule has 1 aliphatic rings. The summed E-state index contributed by atoms with van der Waals surface area (Å²) in [6.45, 7) is 0.905. The van der Waals surface area contributed by atoms with Crippen molar-refractivity contribution in [3.63, 3.8) is 0 Å². The number of ether oxygens (including phenoxy) is 2. The first-order chi connectivity index (χ1) is 18.2. The van der Waals surface area contributed by atoms with Gasteiger partial charge in [-0.15, -0.1) is 0 Å². The van der Waals surface area contributed by atoms with Gasteiger partial charge in [0.25, 0.3) is 5.91 Å². The quantitative estimate of drug-likeness (QED) is 0.288. The van der Waals surface area contributed by atoms with E-state index in [1.807, 2.05) is 54.6 Å². The number of aromatic nitrogens is 2. The van der Waals surface area contributed by atoms with Gasteiger partial charge in [-0.1, -0.05) is 30.3 Å². The third-order valence-corrected chi connectivity index (χ3v) is 7.15. The second-order valence-corrected chi connectivity index (χ2v) is 9.30. The van der Waals surface area contributed by atoms with E-state index in [9.17, 15) is 4.79 Å². The Bertz CT molecular complexity index is 1560. The van der Waals surface area contributed by atoms with Crippen LogP contribution in [0.15, 0.2) is 85.1 Å². The maximum absolute atomic E-state index is 14.0. The van der Waals surface area contributed by atoms with Crippen molar-refractivity contribution >= 4 is 17.2 Å².